The van der Waals surface area contributed by atoms with Crippen molar-refractivity contribution in [2.45, 2.75) is 42.7 Å². The Bertz CT molecular complexity index is 947. The maximum atomic E-state index is 13.2. The zero-order chi connectivity index (χ0) is 22.4. The Morgan fingerprint density at radius 1 is 1.10 bits per heavy atom. The Labute approximate surface area is 184 Å². The fraction of sp³-hybridized carbons (Fsp3) is 0.478. The highest BCUT2D eigenvalue weighted by Gasteiger charge is 2.41. The average molecular weight is 450 g/mol. The van der Waals surface area contributed by atoms with Gasteiger partial charge in [-0.2, -0.15) is 4.31 Å². The van der Waals surface area contributed by atoms with E-state index in [1.807, 2.05) is 24.3 Å². The van der Waals surface area contributed by atoms with Gasteiger partial charge < -0.3 is 19.7 Å². The van der Waals surface area contributed by atoms with Crippen LogP contribution in [0.3, 0.4) is 0 Å². The Kier molecular flexibility index (Phi) is 8.07. The van der Waals surface area contributed by atoms with Gasteiger partial charge in [0.2, 0.25) is 10.0 Å². The molecular formula is C23H31NO6S. The van der Waals surface area contributed by atoms with Crippen LogP contribution in [-0.2, 0) is 14.8 Å². The number of sulfonamides is 1. The molecule has 31 heavy (non-hydrogen) atoms. The summed E-state index contributed by atoms with van der Waals surface area (Å²) in [5.41, 5.74) is 1.53. The van der Waals surface area contributed by atoms with Crippen molar-refractivity contribution in [2.75, 3.05) is 33.5 Å². The summed E-state index contributed by atoms with van der Waals surface area (Å²) >= 11 is 0. The second-order valence-corrected chi connectivity index (χ2v) is 9.71. The Morgan fingerprint density at radius 3 is 2.45 bits per heavy atom. The van der Waals surface area contributed by atoms with Crippen LogP contribution in [0.4, 0.5) is 0 Å². The summed E-state index contributed by atoms with van der Waals surface area (Å²) in [4.78, 5) is 0.203. The molecule has 2 aromatic rings. The molecule has 3 rings (SSSR count). The van der Waals surface area contributed by atoms with Gasteiger partial charge in [-0.1, -0.05) is 30.3 Å². The molecule has 1 aliphatic rings. The molecule has 170 valence electrons. The molecule has 1 fully saturated rings. The van der Waals surface area contributed by atoms with E-state index >= 15 is 0 Å². The van der Waals surface area contributed by atoms with Crippen LogP contribution in [-0.4, -0.2) is 68.6 Å². The first-order chi connectivity index (χ1) is 14.9. The lowest BCUT2D eigenvalue weighted by atomic mass is 9.84. The number of ether oxygens (including phenoxy) is 2. The van der Waals surface area contributed by atoms with E-state index in [9.17, 15) is 18.6 Å². The van der Waals surface area contributed by atoms with Crippen LogP contribution in [0.5, 0.6) is 5.75 Å². The lowest BCUT2D eigenvalue weighted by molar-refractivity contribution is 0.0405. The molecule has 3 atom stereocenters. The summed E-state index contributed by atoms with van der Waals surface area (Å²) in [6, 6.07) is 13.6. The normalized spacial score (nSPS) is 22.4. The van der Waals surface area contributed by atoms with E-state index in [2.05, 4.69) is 0 Å². The maximum absolute atomic E-state index is 13.2. The van der Waals surface area contributed by atoms with Crippen LogP contribution in [0.1, 0.15) is 29.9 Å². The minimum atomic E-state index is -3.83. The van der Waals surface area contributed by atoms with Crippen molar-refractivity contribution in [3.63, 3.8) is 0 Å². The first-order valence-electron chi connectivity index (χ1n) is 10.5. The van der Waals surface area contributed by atoms with Crippen LogP contribution in [0.25, 0.3) is 0 Å². The van der Waals surface area contributed by atoms with Gasteiger partial charge >= 0.3 is 0 Å². The molecule has 0 saturated carbocycles. The van der Waals surface area contributed by atoms with Crippen LogP contribution in [0.15, 0.2) is 53.4 Å². The van der Waals surface area contributed by atoms with Crippen molar-refractivity contribution in [3.8, 4) is 5.75 Å². The number of methoxy groups -OCH3 is 1. The lowest BCUT2D eigenvalue weighted by Crippen LogP contribution is -2.53. The molecule has 8 heteroatoms. The third kappa shape index (κ3) is 5.45. The van der Waals surface area contributed by atoms with Crippen LogP contribution in [0.2, 0.25) is 0 Å². The van der Waals surface area contributed by atoms with E-state index < -0.39 is 22.2 Å². The quantitative estimate of drug-likeness (QED) is 0.571. The smallest absolute Gasteiger partial charge is 0.243 e. The second kappa shape index (κ2) is 10.6. The van der Waals surface area contributed by atoms with E-state index in [0.29, 0.717) is 25.2 Å². The third-order valence-corrected chi connectivity index (χ3v) is 7.80. The Morgan fingerprint density at radius 2 is 1.81 bits per heavy atom. The molecule has 1 aliphatic heterocycles. The van der Waals surface area contributed by atoms with Crippen molar-refractivity contribution in [1.82, 2.24) is 4.31 Å². The molecule has 1 saturated heterocycles. The maximum Gasteiger partial charge on any atom is 0.243 e. The van der Waals surface area contributed by atoms with Gasteiger partial charge in [-0.3, -0.25) is 0 Å². The Balaban J connectivity index is 1.74. The summed E-state index contributed by atoms with van der Waals surface area (Å²) in [6.07, 6.45) is 0.245. The summed E-state index contributed by atoms with van der Waals surface area (Å²) in [5.74, 6) is 0.454. The first-order valence-corrected chi connectivity index (χ1v) is 11.9. The SMILES string of the molecule is COCCCOc1ccc([C@H]2C[C@@H](CO)N(S(=O)(=O)c3ccccc3C)C[C@@H]2O)cc1. The molecule has 1 heterocycles. The van der Waals surface area contributed by atoms with Gasteiger partial charge in [0.1, 0.15) is 5.75 Å². The van der Waals surface area contributed by atoms with Gasteiger partial charge in [0.25, 0.3) is 0 Å². The largest absolute Gasteiger partial charge is 0.494 e. The molecule has 0 bridgehead atoms. The van der Waals surface area contributed by atoms with Crippen LogP contribution in [0, 0.1) is 6.92 Å². The molecule has 0 unspecified atom stereocenters. The second-order valence-electron chi connectivity index (χ2n) is 7.85. The van der Waals surface area contributed by atoms with E-state index in [-0.39, 0.29) is 24.0 Å². The number of benzene rings is 2. The number of hydrogen-bond donors (Lipinski definition) is 2. The number of nitrogens with zero attached hydrogens (tertiary/aromatic N) is 1. The van der Waals surface area contributed by atoms with Crippen molar-refractivity contribution in [1.29, 1.82) is 0 Å². The molecule has 0 aromatic heterocycles. The number of aliphatic hydroxyl groups is 2. The molecule has 7 nitrogen and oxygen atoms in total. The number of rotatable bonds is 9. The molecular weight excluding hydrogens is 418 g/mol. The van der Waals surface area contributed by atoms with E-state index in [4.69, 9.17) is 9.47 Å². The highest BCUT2D eigenvalue weighted by atomic mass is 32.2. The lowest BCUT2D eigenvalue weighted by Gasteiger charge is -2.41. The van der Waals surface area contributed by atoms with Crippen molar-refractivity contribution < 1.29 is 28.1 Å². The molecule has 0 aliphatic carbocycles. The topological polar surface area (TPSA) is 96.3 Å². The summed E-state index contributed by atoms with van der Waals surface area (Å²) in [6.45, 7) is 2.55. The summed E-state index contributed by atoms with van der Waals surface area (Å²) in [5, 5.41) is 20.8. The van der Waals surface area contributed by atoms with Crippen molar-refractivity contribution in [3.05, 3.63) is 59.7 Å². The predicted molar refractivity (Wildman–Crippen MR) is 118 cm³/mol. The zero-order valence-corrected chi connectivity index (χ0v) is 18.8. The number of aliphatic hydroxyl groups excluding tert-OH is 2. The van der Waals surface area contributed by atoms with E-state index in [0.717, 1.165) is 17.7 Å². The number of β-amino-alcohol motifs (C(OH)–C–C–N with tert-alkyl or cyclic N) is 1. The van der Waals surface area contributed by atoms with E-state index in [1.165, 1.54) is 4.31 Å². The predicted octanol–water partition coefficient (Wildman–Crippen LogP) is 2.31. The Hall–Kier alpha value is -1.97. The van der Waals surface area contributed by atoms with Gasteiger partial charge in [0, 0.05) is 38.6 Å². The average Bonchev–Trinajstić information content (AvgIpc) is 2.77. The molecule has 0 radical (unpaired) electrons. The monoisotopic (exact) mass is 449 g/mol. The van der Waals surface area contributed by atoms with Crippen LogP contribution < -0.4 is 4.74 Å². The molecule has 2 N–H and O–H groups in total. The molecule has 0 amide bonds. The van der Waals surface area contributed by atoms with Crippen molar-refractivity contribution >= 4 is 10.0 Å². The highest BCUT2D eigenvalue weighted by molar-refractivity contribution is 7.89. The fourth-order valence-corrected chi connectivity index (χ4v) is 5.90. The molecule has 0 spiro atoms. The van der Waals surface area contributed by atoms with Gasteiger partial charge in [-0.25, -0.2) is 8.42 Å². The minimum Gasteiger partial charge on any atom is -0.494 e. The fourth-order valence-electron chi connectivity index (χ4n) is 4.02. The minimum absolute atomic E-state index is 0.0676. The highest BCUT2D eigenvalue weighted by Crippen LogP contribution is 2.36. The van der Waals surface area contributed by atoms with Crippen molar-refractivity contribution in [2.24, 2.45) is 0 Å². The van der Waals surface area contributed by atoms with Gasteiger partial charge in [0.05, 0.1) is 24.2 Å². The zero-order valence-electron chi connectivity index (χ0n) is 18.0. The number of aryl methyl sites for hydroxylation is 1. The van der Waals surface area contributed by atoms with Crippen LogP contribution >= 0.6 is 0 Å². The summed E-state index contributed by atoms with van der Waals surface area (Å²) < 4.78 is 38.4. The van der Waals surface area contributed by atoms with Gasteiger partial charge in [0.15, 0.2) is 0 Å². The third-order valence-electron chi connectivity index (χ3n) is 5.73. The first kappa shape index (κ1) is 23.7. The standard InChI is InChI=1S/C23H31NO6S/c1-17-6-3-4-7-23(17)31(27,28)24-15-22(26)21(14-19(24)16-25)18-8-10-20(11-9-18)30-13-5-12-29-2/h3-4,6-11,19,21-22,25-26H,5,12-16H2,1-2H3/t19-,21+,22-/m0/s1. The van der Waals surface area contributed by atoms with E-state index in [1.54, 1.807) is 38.3 Å². The number of piperidine rings is 1. The van der Waals surface area contributed by atoms with Gasteiger partial charge in [-0.05, 0) is 42.7 Å². The summed E-state index contributed by atoms with van der Waals surface area (Å²) in [7, 11) is -2.18. The molecule has 2 aromatic carbocycles. The number of hydrogen-bond acceptors (Lipinski definition) is 6. The van der Waals surface area contributed by atoms with Gasteiger partial charge in [-0.15, -0.1) is 0 Å².